The van der Waals surface area contributed by atoms with E-state index in [1.165, 1.54) is 0 Å². The minimum Gasteiger partial charge on any atom is 0 e. The molecule has 0 atom stereocenters. The zero-order chi connectivity index (χ0) is 2.00. The summed E-state index contributed by atoms with van der Waals surface area (Å²) in [5.41, 5.74) is 4.50. The minimum atomic E-state index is 0. The van der Waals surface area contributed by atoms with Gasteiger partial charge in [-0.3, -0.25) is 0 Å². The van der Waals surface area contributed by atoms with Gasteiger partial charge < -0.3 is 0 Å². The molecular formula is H4NOSbW. The summed E-state index contributed by atoms with van der Waals surface area (Å²) in [6.45, 7) is 0. The van der Waals surface area contributed by atoms with Crippen LogP contribution in [0, 0.1) is 10.5 Å². The molecule has 0 fully saturated rings. The van der Waals surface area contributed by atoms with Crippen LogP contribution in [0.1, 0.15) is 0 Å². The molecule has 0 aliphatic rings. The van der Waals surface area contributed by atoms with E-state index in [-0.39, 0.29) is 45.5 Å². The molecule has 0 aromatic heterocycles. The quantitative estimate of drug-likeness (QED) is 0.453. The van der Waals surface area contributed by atoms with Gasteiger partial charge >= 0.3 is 24.4 Å². The van der Waals surface area contributed by atoms with Crippen LogP contribution >= 0.6 is 0 Å². The molecular weight excluding hydrogens is 336 g/mol. The van der Waals surface area contributed by atoms with Crippen molar-refractivity contribution in [1.82, 2.24) is 0 Å². The Balaban J connectivity index is -0.00000000500. The summed E-state index contributed by atoms with van der Waals surface area (Å²) in [6, 6.07) is 0. The standard InChI is InChI=1S/HNO.Sb.W.3H/c1-2;;;;;/h1H;;;;;. The van der Waals surface area contributed by atoms with E-state index >= 15 is 0 Å². The Labute approximate surface area is 55.8 Å². The van der Waals surface area contributed by atoms with Crippen LogP contribution in [0.2, 0.25) is 0 Å². The SMILES string of the molecule is N=O.[SbH3].[W]. The first-order valence-corrected chi connectivity index (χ1v) is 0.204. The van der Waals surface area contributed by atoms with E-state index in [2.05, 4.69) is 5.59 Å². The molecule has 0 saturated heterocycles. The van der Waals surface area contributed by atoms with Crippen LogP contribution in [0.5, 0.6) is 0 Å². The Morgan fingerprint density at radius 1 is 1.25 bits per heavy atom. The maximum Gasteiger partial charge on any atom is 0 e. The molecule has 0 heterocycles. The van der Waals surface area contributed by atoms with Crippen molar-refractivity contribution in [2.45, 2.75) is 0 Å². The monoisotopic (exact) mass is 339 g/mol. The zero-order valence-electron chi connectivity index (χ0n) is 2.02. The molecule has 0 aliphatic heterocycles. The molecule has 0 bridgehead atoms. The number of rotatable bonds is 0. The van der Waals surface area contributed by atoms with Gasteiger partial charge in [-0.1, -0.05) is 5.59 Å². The summed E-state index contributed by atoms with van der Waals surface area (Å²) in [7, 11) is 0. The van der Waals surface area contributed by atoms with Crippen molar-refractivity contribution >= 4 is 24.4 Å². The topological polar surface area (TPSA) is 40.9 Å². The first kappa shape index (κ1) is 19.4. The van der Waals surface area contributed by atoms with Crippen molar-refractivity contribution in [2.75, 3.05) is 0 Å². The van der Waals surface area contributed by atoms with E-state index in [4.69, 9.17) is 4.91 Å². The fourth-order valence-corrected chi connectivity index (χ4v) is 0. The molecule has 0 radical (unpaired) electrons. The van der Waals surface area contributed by atoms with Crippen LogP contribution in [-0.2, 0) is 21.1 Å². The third-order valence-electron chi connectivity index (χ3n) is 0. The Hall–Kier alpha value is 1.11. The fourth-order valence-electron chi connectivity index (χ4n) is 0. The average molecular weight is 340 g/mol. The van der Waals surface area contributed by atoms with E-state index in [9.17, 15) is 0 Å². The average Bonchev–Trinajstić information content (AvgIpc) is 1.00. The van der Waals surface area contributed by atoms with E-state index in [1.54, 1.807) is 0 Å². The first-order valence-electron chi connectivity index (χ1n) is 0.204. The van der Waals surface area contributed by atoms with Gasteiger partial charge in [0.1, 0.15) is 0 Å². The molecule has 0 aromatic carbocycles. The number of hydrogen-bond acceptors (Lipinski definition) is 2. The summed E-state index contributed by atoms with van der Waals surface area (Å²) >= 11 is 0. The number of nitrogens with one attached hydrogen (secondary N) is 1. The van der Waals surface area contributed by atoms with Gasteiger partial charge in [0.2, 0.25) is 0 Å². The fraction of sp³-hybridized carbons (Fsp3) is 0. The van der Waals surface area contributed by atoms with E-state index in [1.807, 2.05) is 0 Å². The third kappa shape index (κ3) is 11.3. The summed E-state index contributed by atoms with van der Waals surface area (Å²) in [4.78, 5) is 7.50. The molecule has 4 heteroatoms. The molecule has 2 nitrogen and oxygen atoms in total. The maximum absolute atomic E-state index is 7.50. The number of nitroso groups, excluding NO2 is 1. The van der Waals surface area contributed by atoms with Gasteiger partial charge in [0, 0.05) is 21.1 Å². The van der Waals surface area contributed by atoms with E-state index < -0.39 is 0 Å². The van der Waals surface area contributed by atoms with Crippen LogP contribution in [0.25, 0.3) is 0 Å². The Morgan fingerprint density at radius 2 is 1.25 bits per heavy atom. The zero-order valence-corrected chi connectivity index (χ0v) is 8.99. The van der Waals surface area contributed by atoms with Crippen LogP contribution in [-0.4, -0.2) is 24.4 Å². The summed E-state index contributed by atoms with van der Waals surface area (Å²) in [5.74, 6) is 0. The molecule has 0 saturated carbocycles. The summed E-state index contributed by atoms with van der Waals surface area (Å²) in [6.07, 6.45) is 0. The maximum atomic E-state index is 7.50. The van der Waals surface area contributed by atoms with Gasteiger partial charge in [-0.2, -0.15) is 4.91 Å². The Morgan fingerprint density at radius 3 is 1.25 bits per heavy atom. The molecule has 0 amide bonds. The molecule has 0 unspecified atom stereocenters. The van der Waals surface area contributed by atoms with Crippen molar-refractivity contribution < 1.29 is 21.1 Å². The molecule has 0 spiro atoms. The molecule has 0 rings (SSSR count). The van der Waals surface area contributed by atoms with Gasteiger partial charge in [0.05, 0.1) is 0 Å². The van der Waals surface area contributed by atoms with Gasteiger partial charge in [0.15, 0.2) is 0 Å². The predicted octanol–water partition coefficient (Wildman–Crippen LogP) is -0.855. The van der Waals surface area contributed by atoms with Gasteiger partial charge in [-0.25, -0.2) is 0 Å². The largest absolute Gasteiger partial charge is 0 e. The molecule has 1 N–H and O–H groups in total. The smallest absolute Gasteiger partial charge is 0 e. The van der Waals surface area contributed by atoms with E-state index in [0.717, 1.165) is 0 Å². The predicted molar refractivity (Wildman–Crippen MR) is 16.0 cm³/mol. The van der Waals surface area contributed by atoms with Crippen molar-refractivity contribution in [3.63, 3.8) is 0 Å². The third-order valence-corrected chi connectivity index (χ3v) is 0. The second-order valence-electron chi connectivity index (χ2n) is 0. The molecule has 0 aromatic rings. The Kier molecular flexibility index (Phi) is 157. The van der Waals surface area contributed by atoms with Crippen molar-refractivity contribution in [2.24, 2.45) is 0 Å². The van der Waals surface area contributed by atoms with Crippen molar-refractivity contribution in [1.29, 1.82) is 5.59 Å². The minimum absolute atomic E-state index is 0. The van der Waals surface area contributed by atoms with Crippen LogP contribution in [0.3, 0.4) is 0 Å². The van der Waals surface area contributed by atoms with Gasteiger partial charge in [-0.05, 0) is 0 Å². The van der Waals surface area contributed by atoms with Crippen LogP contribution in [0.15, 0.2) is 0 Å². The normalized spacial score (nSPS) is 1.00. The van der Waals surface area contributed by atoms with Gasteiger partial charge in [-0.15, -0.1) is 0 Å². The second-order valence-corrected chi connectivity index (χ2v) is 0. The van der Waals surface area contributed by atoms with Crippen molar-refractivity contribution in [3.05, 3.63) is 4.91 Å². The first-order chi connectivity index (χ1) is 1.00. The number of hydrogen-bond donors (Lipinski definition) is 1. The van der Waals surface area contributed by atoms with Crippen LogP contribution in [0.4, 0.5) is 0 Å². The van der Waals surface area contributed by atoms with Crippen LogP contribution < -0.4 is 0 Å². The molecule has 26 valence electrons. The Bertz CT molecular complexity index is 8.00. The molecule has 0 aliphatic carbocycles. The van der Waals surface area contributed by atoms with E-state index in [0.29, 0.717) is 0 Å². The second kappa shape index (κ2) is 32.4. The summed E-state index contributed by atoms with van der Waals surface area (Å²) < 4.78 is 0. The summed E-state index contributed by atoms with van der Waals surface area (Å²) in [5, 5.41) is 0. The van der Waals surface area contributed by atoms with Gasteiger partial charge in [0.25, 0.3) is 0 Å². The van der Waals surface area contributed by atoms with Crippen molar-refractivity contribution in [3.8, 4) is 0 Å². The molecule has 4 heavy (non-hydrogen) atoms.